The molecule has 3 aromatic carbocycles. The van der Waals surface area contributed by atoms with Crippen LogP contribution in [0, 0.1) is 0 Å². The van der Waals surface area contributed by atoms with Crippen LogP contribution in [-0.2, 0) is 0 Å². The Morgan fingerprint density at radius 1 is 0.500 bits per heavy atom. The SMILES string of the molecule is CCCCC(c1ccccc1)c1cccc(C(CCCC)c2ccccc2)c1. The molecular weight excluding hydrogens is 336 g/mol. The van der Waals surface area contributed by atoms with Crippen molar-refractivity contribution in [3.8, 4) is 0 Å². The molecule has 3 aromatic rings. The Morgan fingerprint density at radius 3 is 1.29 bits per heavy atom. The van der Waals surface area contributed by atoms with Crippen LogP contribution in [0.5, 0.6) is 0 Å². The molecule has 0 nitrogen and oxygen atoms in total. The summed E-state index contributed by atoms with van der Waals surface area (Å²) in [4.78, 5) is 0. The Bertz CT molecular complexity index is 737. The summed E-state index contributed by atoms with van der Waals surface area (Å²) in [5, 5.41) is 0. The van der Waals surface area contributed by atoms with Gasteiger partial charge in [0.25, 0.3) is 0 Å². The van der Waals surface area contributed by atoms with Gasteiger partial charge < -0.3 is 0 Å². The topological polar surface area (TPSA) is 0 Å². The number of hydrogen-bond acceptors (Lipinski definition) is 0. The van der Waals surface area contributed by atoms with Crippen LogP contribution >= 0.6 is 0 Å². The molecule has 0 spiro atoms. The summed E-state index contributed by atoms with van der Waals surface area (Å²) in [6, 6.07) is 31.5. The second kappa shape index (κ2) is 10.9. The summed E-state index contributed by atoms with van der Waals surface area (Å²) in [5.74, 6) is 0.979. The van der Waals surface area contributed by atoms with Gasteiger partial charge in [-0.2, -0.15) is 0 Å². The van der Waals surface area contributed by atoms with E-state index in [9.17, 15) is 0 Å². The summed E-state index contributed by atoms with van der Waals surface area (Å²) in [6.07, 6.45) is 7.45. The Labute approximate surface area is 171 Å². The maximum Gasteiger partial charge on any atom is 0.00894 e. The molecule has 2 unspecified atom stereocenters. The molecule has 0 saturated carbocycles. The largest absolute Gasteiger partial charge is 0.0654 e. The average molecular weight is 371 g/mol. The van der Waals surface area contributed by atoms with Crippen molar-refractivity contribution in [3.63, 3.8) is 0 Å². The highest BCUT2D eigenvalue weighted by atomic mass is 14.2. The quantitative estimate of drug-likeness (QED) is 0.336. The monoisotopic (exact) mass is 370 g/mol. The molecule has 0 saturated heterocycles. The number of hydrogen-bond donors (Lipinski definition) is 0. The van der Waals surface area contributed by atoms with Gasteiger partial charge >= 0.3 is 0 Å². The maximum atomic E-state index is 2.49. The van der Waals surface area contributed by atoms with E-state index in [0.717, 1.165) is 0 Å². The Kier molecular flexibility index (Phi) is 7.91. The third kappa shape index (κ3) is 5.35. The second-order valence-corrected chi connectivity index (χ2v) is 7.88. The Hall–Kier alpha value is -2.34. The molecule has 28 heavy (non-hydrogen) atoms. The minimum Gasteiger partial charge on any atom is -0.0654 e. The van der Waals surface area contributed by atoms with Crippen LogP contribution < -0.4 is 0 Å². The van der Waals surface area contributed by atoms with Crippen molar-refractivity contribution < 1.29 is 0 Å². The van der Waals surface area contributed by atoms with Crippen LogP contribution in [0.15, 0.2) is 84.9 Å². The number of benzene rings is 3. The third-order valence-corrected chi connectivity index (χ3v) is 5.81. The highest BCUT2D eigenvalue weighted by Crippen LogP contribution is 2.35. The van der Waals surface area contributed by atoms with Gasteiger partial charge in [-0.05, 0) is 35.1 Å². The zero-order chi connectivity index (χ0) is 19.6. The normalized spacial score (nSPS) is 13.2. The minimum atomic E-state index is 0.490. The highest BCUT2D eigenvalue weighted by molar-refractivity contribution is 5.39. The lowest BCUT2D eigenvalue weighted by atomic mass is 9.82. The Balaban J connectivity index is 1.95. The van der Waals surface area contributed by atoms with E-state index in [1.165, 1.54) is 60.8 Å². The molecule has 0 heteroatoms. The van der Waals surface area contributed by atoms with E-state index in [1.807, 2.05) is 0 Å². The van der Waals surface area contributed by atoms with Gasteiger partial charge in [-0.1, -0.05) is 124 Å². The standard InChI is InChI=1S/C28H34/c1-3-5-20-27(23-14-9-7-10-15-23)25-18-13-19-26(22-25)28(21-6-4-2)24-16-11-8-12-17-24/h7-19,22,27-28H,3-6,20-21H2,1-2H3. The molecule has 0 aromatic heterocycles. The van der Waals surface area contributed by atoms with Crippen LogP contribution in [-0.4, -0.2) is 0 Å². The van der Waals surface area contributed by atoms with Crippen molar-refractivity contribution in [1.82, 2.24) is 0 Å². The molecule has 0 heterocycles. The van der Waals surface area contributed by atoms with Gasteiger partial charge in [0.2, 0.25) is 0 Å². The second-order valence-electron chi connectivity index (χ2n) is 7.88. The molecule has 0 aliphatic heterocycles. The van der Waals surface area contributed by atoms with Crippen LogP contribution in [0.1, 0.15) is 86.5 Å². The van der Waals surface area contributed by atoms with Crippen LogP contribution in [0.2, 0.25) is 0 Å². The summed E-state index contributed by atoms with van der Waals surface area (Å²) >= 11 is 0. The fraction of sp³-hybridized carbons (Fsp3) is 0.357. The van der Waals surface area contributed by atoms with E-state index < -0.39 is 0 Å². The lowest BCUT2D eigenvalue weighted by Crippen LogP contribution is -2.05. The molecule has 0 radical (unpaired) electrons. The lowest BCUT2D eigenvalue weighted by molar-refractivity contribution is 0.638. The van der Waals surface area contributed by atoms with Gasteiger partial charge in [0, 0.05) is 11.8 Å². The first-order valence-electron chi connectivity index (χ1n) is 11.0. The molecule has 0 aliphatic carbocycles. The number of rotatable bonds is 10. The van der Waals surface area contributed by atoms with E-state index in [2.05, 4.69) is 98.8 Å². The molecule has 0 aliphatic rings. The first-order valence-corrected chi connectivity index (χ1v) is 11.0. The Morgan fingerprint density at radius 2 is 0.893 bits per heavy atom. The lowest BCUT2D eigenvalue weighted by Gasteiger charge is -2.22. The van der Waals surface area contributed by atoms with E-state index in [1.54, 1.807) is 0 Å². The van der Waals surface area contributed by atoms with Crippen LogP contribution in [0.3, 0.4) is 0 Å². The molecular formula is C28H34. The van der Waals surface area contributed by atoms with Crippen molar-refractivity contribution in [2.75, 3.05) is 0 Å². The zero-order valence-electron chi connectivity index (χ0n) is 17.5. The molecule has 0 amide bonds. The molecule has 0 bridgehead atoms. The van der Waals surface area contributed by atoms with E-state index in [0.29, 0.717) is 11.8 Å². The van der Waals surface area contributed by atoms with Crippen molar-refractivity contribution >= 4 is 0 Å². The van der Waals surface area contributed by atoms with Gasteiger partial charge in [0.15, 0.2) is 0 Å². The van der Waals surface area contributed by atoms with Gasteiger partial charge in [-0.3, -0.25) is 0 Å². The summed E-state index contributed by atoms with van der Waals surface area (Å²) < 4.78 is 0. The first kappa shape index (κ1) is 20.4. The molecule has 3 rings (SSSR count). The zero-order valence-corrected chi connectivity index (χ0v) is 17.5. The van der Waals surface area contributed by atoms with Crippen LogP contribution in [0.25, 0.3) is 0 Å². The smallest absolute Gasteiger partial charge is 0.00894 e. The van der Waals surface area contributed by atoms with Gasteiger partial charge in [0.05, 0.1) is 0 Å². The predicted octanol–water partition coefficient (Wildman–Crippen LogP) is 8.33. The third-order valence-electron chi connectivity index (χ3n) is 5.81. The fourth-order valence-corrected chi connectivity index (χ4v) is 4.23. The van der Waals surface area contributed by atoms with E-state index in [-0.39, 0.29) is 0 Å². The first-order chi connectivity index (χ1) is 13.8. The van der Waals surface area contributed by atoms with Crippen LogP contribution in [0.4, 0.5) is 0 Å². The van der Waals surface area contributed by atoms with Gasteiger partial charge in [0.1, 0.15) is 0 Å². The van der Waals surface area contributed by atoms with E-state index >= 15 is 0 Å². The maximum absolute atomic E-state index is 2.49. The van der Waals surface area contributed by atoms with Gasteiger partial charge in [-0.15, -0.1) is 0 Å². The molecule has 2 atom stereocenters. The predicted molar refractivity (Wildman–Crippen MR) is 122 cm³/mol. The minimum absolute atomic E-state index is 0.490. The van der Waals surface area contributed by atoms with Gasteiger partial charge in [-0.25, -0.2) is 0 Å². The summed E-state index contributed by atoms with van der Waals surface area (Å²) in [7, 11) is 0. The fourth-order valence-electron chi connectivity index (χ4n) is 4.23. The van der Waals surface area contributed by atoms with Crippen molar-refractivity contribution in [2.24, 2.45) is 0 Å². The molecule has 0 fully saturated rings. The summed E-state index contributed by atoms with van der Waals surface area (Å²) in [5.41, 5.74) is 5.82. The summed E-state index contributed by atoms with van der Waals surface area (Å²) in [6.45, 7) is 4.57. The van der Waals surface area contributed by atoms with Crippen molar-refractivity contribution in [1.29, 1.82) is 0 Å². The number of unbranched alkanes of at least 4 members (excludes halogenated alkanes) is 2. The van der Waals surface area contributed by atoms with E-state index in [4.69, 9.17) is 0 Å². The average Bonchev–Trinajstić information content (AvgIpc) is 2.76. The van der Waals surface area contributed by atoms with Crippen molar-refractivity contribution in [2.45, 2.75) is 64.2 Å². The highest BCUT2D eigenvalue weighted by Gasteiger charge is 2.18. The molecule has 146 valence electrons. The molecule has 0 N–H and O–H groups in total. The van der Waals surface area contributed by atoms with Crippen molar-refractivity contribution in [3.05, 3.63) is 107 Å².